The Morgan fingerprint density at radius 1 is 1.43 bits per heavy atom. The summed E-state index contributed by atoms with van der Waals surface area (Å²) in [5, 5.41) is 8.64. The molecule has 2 nitrogen and oxygen atoms in total. The Hall–Kier alpha value is -1.56. The minimum Gasteiger partial charge on any atom is -0.373 e. The van der Waals surface area contributed by atoms with Crippen LogP contribution in [0.1, 0.15) is 6.92 Å². The largest absolute Gasteiger partial charge is 0.373 e. The summed E-state index contributed by atoms with van der Waals surface area (Å²) in [5.74, 6) is -0.263. The fourth-order valence-corrected chi connectivity index (χ4v) is 1.25. The van der Waals surface area contributed by atoms with Gasteiger partial charge in [0.1, 0.15) is 5.82 Å². The van der Waals surface area contributed by atoms with Crippen LogP contribution in [0.3, 0.4) is 0 Å². The lowest BCUT2D eigenvalue weighted by molar-refractivity contribution is 0.627. The number of halogens is 1. The topological polar surface area (TPSA) is 27.0 Å². The van der Waals surface area contributed by atoms with Gasteiger partial charge in [-0.3, -0.25) is 0 Å². The van der Waals surface area contributed by atoms with Gasteiger partial charge in [-0.05, 0) is 31.2 Å². The molecule has 0 radical (unpaired) electrons. The third-order valence-corrected chi connectivity index (χ3v) is 2.04. The van der Waals surface area contributed by atoms with Crippen molar-refractivity contribution in [2.45, 2.75) is 6.92 Å². The lowest BCUT2D eigenvalue weighted by Crippen LogP contribution is -2.22. The van der Waals surface area contributed by atoms with Gasteiger partial charge in [0.25, 0.3) is 0 Å². The van der Waals surface area contributed by atoms with E-state index in [0.29, 0.717) is 6.54 Å². The van der Waals surface area contributed by atoms with Crippen LogP contribution in [-0.2, 0) is 0 Å². The van der Waals surface area contributed by atoms with Crippen molar-refractivity contribution in [1.29, 1.82) is 5.26 Å². The predicted molar refractivity (Wildman–Crippen MR) is 54.4 cm³/mol. The Morgan fingerprint density at radius 3 is 2.50 bits per heavy atom. The summed E-state index contributed by atoms with van der Waals surface area (Å²) in [4.78, 5) is 1.94. The minimum atomic E-state index is -0.240. The molecule has 0 bridgehead atoms. The number of rotatable bonds is 3. The van der Waals surface area contributed by atoms with Crippen LogP contribution in [0.15, 0.2) is 24.3 Å². The average Bonchev–Trinajstić information content (AvgIpc) is 2.18. The maximum Gasteiger partial charge on any atom is 0.123 e. The van der Waals surface area contributed by atoms with Crippen molar-refractivity contribution in [3.05, 3.63) is 30.1 Å². The van der Waals surface area contributed by atoms with Crippen molar-refractivity contribution < 1.29 is 4.39 Å². The Morgan fingerprint density at radius 2 is 2.00 bits per heavy atom. The molecule has 0 aliphatic rings. The Bertz CT molecular complexity index is 326. The second-order valence-electron chi connectivity index (χ2n) is 3.39. The van der Waals surface area contributed by atoms with Gasteiger partial charge in [0.05, 0.1) is 12.0 Å². The Kier molecular flexibility index (Phi) is 3.47. The van der Waals surface area contributed by atoms with Gasteiger partial charge in [0, 0.05) is 19.3 Å². The van der Waals surface area contributed by atoms with Gasteiger partial charge in [-0.15, -0.1) is 0 Å². The second kappa shape index (κ2) is 4.61. The van der Waals surface area contributed by atoms with Crippen LogP contribution < -0.4 is 4.90 Å². The molecular formula is C11H13FN2. The summed E-state index contributed by atoms with van der Waals surface area (Å²) in [6.07, 6.45) is 0. The van der Waals surface area contributed by atoms with Crippen LogP contribution in [0.4, 0.5) is 10.1 Å². The number of hydrogen-bond acceptors (Lipinski definition) is 2. The summed E-state index contributed by atoms with van der Waals surface area (Å²) in [6, 6.07) is 8.42. The predicted octanol–water partition coefficient (Wildman–Crippen LogP) is 2.42. The highest BCUT2D eigenvalue weighted by Crippen LogP contribution is 2.14. The number of nitrogens with zero attached hydrogens (tertiary/aromatic N) is 2. The molecular weight excluding hydrogens is 179 g/mol. The van der Waals surface area contributed by atoms with Crippen LogP contribution >= 0.6 is 0 Å². The van der Waals surface area contributed by atoms with E-state index in [2.05, 4.69) is 6.07 Å². The lowest BCUT2D eigenvalue weighted by Gasteiger charge is -2.20. The fourth-order valence-electron chi connectivity index (χ4n) is 1.25. The molecule has 0 aliphatic heterocycles. The summed E-state index contributed by atoms with van der Waals surface area (Å²) >= 11 is 0. The van der Waals surface area contributed by atoms with Crippen molar-refractivity contribution in [2.24, 2.45) is 5.92 Å². The molecule has 0 heterocycles. The van der Waals surface area contributed by atoms with Gasteiger partial charge in [0.15, 0.2) is 0 Å². The molecule has 1 rings (SSSR count). The zero-order valence-electron chi connectivity index (χ0n) is 8.37. The highest BCUT2D eigenvalue weighted by molar-refractivity contribution is 5.45. The smallest absolute Gasteiger partial charge is 0.123 e. The van der Waals surface area contributed by atoms with Crippen LogP contribution in [-0.4, -0.2) is 13.6 Å². The van der Waals surface area contributed by atoms with Crippen LogP contribution in [0.2, 0.25) is 0 Å². The fraction of sp³-hybridized carbons (Fsp3) is 0.364. The number of benzene rings is 1. The summed E-state index contributed by atoms with van der Waals surface area (Å²) in [7, 11) is 1.89. The molecule has 0 saturated heterocycles. The van der Waals surface area contributed by atoms with E-state index in [0.717, 1.165) is 5.69 Å². The number of hydrogen-bond donors (Lipinski definition) is 0. The monoisotopic (exact) mass is 192 g/mol. The minimum absolute atomic E-state index is 0.0231. The summed E-state index contributed by atoms with van der Waals surface area (Å²) in [6.45, 7) is 2.52. The van der Waals surface area contributed by atoms with Crippen molar-refractivity contribution in [3.63, 3.8) is 0 Å². The third-order valence-electron chi connectivity index (χ3n) is 2.04. The normalized spacial score (nSPS) is 11.9. The van der Waals surface area contributed by atoms with Crippen molar-refractivity contribution >= 4 is 5.69 Å². The van der Waals surface area contributed by atoms with Crippen LogP contribution in [0, 0.1) is 23.1 Å². The molecule has 0 fully saturated rings. The molecule has 0 amide bonds. The molecule has 1 aromatic carbocycles. The van der Waals surface area contributed by atoms with Crippen LogP contribution in [0.5, 0.6) is 0 Å². The van der Waals surface area contributed by atoms with Gasteiger partial charge in [-0.25, -0.2) is 4.39 Å². The van der Waals surface area contributed by atoms with Gasteiger partial charge in [-0.1, -0.05) is 0 Å². The Labute approximate surface area is 83.6 Å². The second-order valence-corrected chi connectivity index (χ2v) is 3.39. The molecule has 1 atom stereocenters. The summed E-state index contributed by atoms with van der Waals surface area (Å²) < 4.78 is 12.6. The highest BCUT2D eigenvalue weighted by atomic mass is 19.1. The maximum atomic E-state index is 12.6. The highest BCUT2D eigenvalue weighted by Gasteiger charge is 2.05. The van der Waals surface area contributed by atoms with Crippen molar-refractivity contribution in [3.8, 4) is 6.07 Å². The van der Waals surface area contributed by atoms with E-state index in [1.807, 2.05) is 18.9 Å². The molecule has 3 heteroatoms. The molecule has 0 saturated carbocycles. The molecule has 1 aromatic rings. The van der Waals surface area contributed by atoms with Gasteiger partial charge in [-0.2, -0.15) is 5.26 Å². The Balaban J connectivity index is 2.66. The first-order chi connectivity index (χ1) is 6.63. The van der Waals surface area contributed by atoms with Gasteiger partial charge in [0.2, 0.25) is 0 Å². The van der Waals surface area contributed by atoms with E-state index >= 15 is 0 Å². The average molecular weight is 192 g/mol. The number of nitriles is 1. The zero-order chi connectivity index (χ0) is 10.6. The standard InChI is InChI=1S/C11H13FN2/c1-9(7-13)8-14(2)11-5-3-10(12)4-6-11/h3-6,9H,8H2,1-2H3. The maximum absolute atomic E-state index is 12.6. The van der Waals surface area contributed by atoms with Crippen molar-refractivity contribution in [2.75, 3.05) is 18.5 Å². The van der Waals surface area contributed by atoms with E-state index in [1.54, 1.807) is 12.1 Å². The first-order valence-corrected chi connectivity index (χ1v) is 4.50. The van der Waals surface area contributed by atoms with Crippen molar-refractivity contribution in [1.82, 2.24) is 0 Å². The quantitative estimate of drug-likeness (QED) is 0.735. The molecule has 0 aliphatic carbocycles. The number of anilines is 1. The molecule has 74 valence electrons. The first-order valence-electron chi connectivity index (χ1n) is 4.50. The van der Waals surface area contributed by atoms with Crippen LogP contribution in [0.25, 0.3) is 0 Å². The zero-order valence-corrected chi connectivity index (χ0v) is 8.37. The van der Waals surface area contributed by atoms with E-state index < -0.39 is 0 Å². The van der Waals surface area contributed by atoms with E-state index in [9.17, 15) is 4.39 Å². The molecule has 0 N–H and O–H groups in total. The van der Waals surface area contributed by atoms with E-state index in [-0.39, 0.29) is 11.7 Å². The van der Waals surface area contributed by atoms with Gasteiger partial charge < -0.3 is 4.90 Å². The molecule has 1 unspecified atom stereocenters. The summed E-state index contributed by atoms with van der Waals surface area (Å²) in [5.41, 5.74) is 0.925. The molecule has 0 aromatic heterocycles. The molecule has 0 spiro atoms. The van der Waals surface area contributed by atoms with Gasteiger partial charge >= 0.3 is 0 Å². The molecule has 14 heavy (non-hydrogen) atoms. The van der Waals surface area contributed by atoms with E-state index in [4.69, 9.17) is 5.26 Å². The SMILES string of the molecule is CC(C#N)CN(C)c1ccc(F)cc1. The van der Waals surface area contributed by atoms with E-state index in [1.165, 1.54) is 12.1 Å². The third kappa shape index (κ3) is 2.74. The first kappa shape index (κ1) is 10.5. The lowest BCUT2D eigenvalue weighted by atomic mass is 10.2.